The minimum absolute atomic E-state index is 0.122. The van der Waals surface area contributed by atoms with Crippen LogP contribution in [0.5, 0.6) is 5.75 Å². The van der Waals surface area contributed by atoms with Gasteiger partial charge in [-0.3, -0.25) is 0 Å². The van der Waals surface area contributed by atoms with E-state index in [0.717, 1.165) is 43.6 Å². The van der Waals surface area contributed by atoms with E-state index in [4.69, 9.17) is 10.00 Å². The largest absolute Gasteiger partial charge is 0.493 e. The van der Waals surface area contributed by atoms with Crippen molar-refractivity contribution < 1.29 is 14.2 Å². The molecule has 0 amide bonds. The molecule has 3 aromatic rings. The Kier molecular flexibility index (Phi) is 7.62. The molecule has 4 rings (SSSR count). The summed E-state index contributed by atoms with van der Waals surface area (Å²) in [7, 11) is 0. The SMILES string of the molecule is CC(COc1cc(F)cc(C#N)c1)CN1CCC(C(O)(c2ccccc2)c2ccccc2)CC1. The molecule has 34 heavy (non-hydrogen) atoms. The lowest BCUT2D eigenvalue weighted by Crippen LogP contribution is -2.45. The maximum atomic E-state index is 13.6. The quantitative estimate of drug-likeness (QED) is 0.494. The summed E-state index contributed by atoms with van der Waals surface area (Å²) in [5, 5.41) is 21.0. The summed E-state index contributed by atoms with van der Waals surface area (Å²) in [6.07, 6.45) is 1.78. The zero-order chi connectivity index (χ0) is 24.0. The van der Waals surface area contributed by atoms with Crippen LogP contribution in [0.1, 0.15) is 36.5 Å². The van der Waals surface area contributed by atoms with Gasteiger partial charge in [-0.1, -0.05) is 67.6 Å². The lowest BCUT2D eigenvalue weighted by molar-refractivity contribution is -0.0164. The Labute approximate surface area is 201 Å². The predicted octanol–water partition coefficient (Wildman–Crippen LogP) is 5.36. The van der Waals surface area contributed by atoms with E-state index >= 15 is 0 Å². The number of likely N-dealkylation sites (tertiary alicyclic amines) is 1. The lowest BCUT2D eigenvalue weighted by Gasteiger charge is -2.42. The van der Waals surface area contributed by atoms with Gasteiger partial charge in [0, 0.05) is 18.5 Å². The second-order valence-corrected chi connectivity index (χ2v) is 9.28. The summed E-state index contributed by atoms with van der Waals surface area (Å²) in [4.78, 5) is 2.41. The first-order chi connectivity index (χ1) is 16.5. The molecule has 4 nitrogen and oxygen atoms in total. The number of hydrogen-bond acceptors (Lipinski definition) is 4. The van der Waals surface area contributed by atoms with Crippen molar-refractivity contribution in [1.29, 1.82) is 5.26 Å². The van der Waals surface area contributed by atoms with Gasteiger partial charge in [0.15, 0.2) is 0 Å². The second-order valence-electron chi connectivity index (χ2n) is 9.28. The van der Waals surface area contributed by atoms with E-state index in [1.807, 2.05) is 66.7 Å². The molecule has 0 aromatic heterocycles. The molecular formula is C29H31FN2O2. The van der Waals surface area contributed by atoms with Crippen molar-refractivity contribution in [3.63, 3.8) is 0 Å². The van der Waals surface area contributed by atoms with E-state index in [1.165, 1.54) is 12.1 Å². The summed E-state index contributed by atoms with van der Waals surface area (Å²) in [6, 6.07) is 26.0. The summed E-state index contributed by atoms with van der Waals surface area (Å²) in [6.45, 7) is 5.22. The fourth-order valence-corrected chi connectivity index (χ4v) is 5.00. The zero-order valence-electron chi connectivity index (χ0n) is 19.5. The second kappa shape index (κ2) is 10.8. The smallest absolute Gasteiger partial charge is 0.128 e. The average Bonchev–Trinajstić information content (AvgIpc) is 2.88. The third kappa shape index (κ3) is 5.47. The highest BCUT2D eigenvalue weighted by Crippen LogP contribution is 2.41. The number of ether oxygens (including phenoxy) is 1. The van der Waals surface area contributed by atoms with Crippen LogP contribution >= 0.6 is 0 Å². The van der Waals surface area contributed by atoms with Crippen molar-refractivity contribution in [3.05, 3.63) is 101 Å². The summed E-state index contributed by atoms with van der Waals surface area (Å²) in [5.41, 5.74) is 1.12. The molecule has 3 aromatic carbocycles. The van der Waals surface area contributed by atoms with Gasteiger partial charge in [0.2, 0.25) is 0 Å². The Morgan fingerprint density at radius 2 is 1.62 bits per heavy atom. The zero-order valence-corrected chi connectivity index (χ0v) is 19.5. The summed E-state index contributed by atoms with van der Waals surface area (Å²) < 4.78 is 19.4. The average molecular weight is 459 g/mol. The predicted molar refractivity (Wildman–Crippen MR) is 131 cm³/mol. The van der Waals surface area contributed by atoms with E-state index in [9.17, 15) is 9.50 Å². The van der Waals surface area contributed by atoms with Gasteiger partial charge in [-0.15, -0.1) is 0 Å². The molecule has 1 unspecified atom stereocenters. The van der Waals surface area contributed by atoms with Gasteiger partial charge in [-0.2, -0.15) is 5.26 Å². The minimum Gasteiger partial charge on any atom is -0.493 e. The molecule has 1 atom stereocenters. The molecule has 1 saturated heterocycles. The monoisotopic (exact) mass is 458 g/mol. The van der Waals surface area contributed by atoms with Crippen molar-refractivity contribution in [3.8, 4) is 11.8 Å². The molecule has 0 spiro atoms. The standard InChI is InChI=1S/C29H31FN2O2/c1-22(21-34-28-17-23(19-31)16-27(30)18-28)20-32-14-12-26(13-15-32)29(33,24-8-4-2-5-9-24)25-10-6-3-7-11-25/h2-11,16-18,22,26,33H,12-15,20-21H2,1H3. The van der Waals surface area contributed by atoms with Gasteiger partial charge in [0.1, 0.15) is 17.2 Å². The van der Waals surface area contributed by atoms with E-state index in [2.05, 4.69) is 11.8 Å². The van der Waals surface area contributed by atoms with Crippen molar-refractivity contribution in [1.82, 2.24) is 4.90 Å². The van der Waals surface area contributed by atoms with Crippen LogP contribution in [-0.4, -0.2) is 36.2 Å². The van der Waals surface area contributed by atoms with Crippen LogP contribution in [0, 0.1) is 29.0 Å². The first kappa shape index (κ1) is 23.9. The minimum atomic E-state index is -1.01. The van der Waals surface area contributed by atoms with Gasteiger partial charge < -0.3 is 14.7 Å². The maximum absolute atomic E-state index is 13.6. The van der Waals surface area contributed by atoms with Crippen LogP contribution in [-0.2, 0) is 5.60 Å². The van der Waals surface area contributed by atoms with Crippen molar-refractivity contribution in [2.45, 2.75) is 25.4 Å². The van der Waals surface area contributed by atoms with Gasteiger partial charge in [0.05, 0.1) is 18.2 Å². The van der Waals surface area contributed by atoms with Crippen LogP contribution < -0.4 is 4.74 Å². The number of piperidine rings is 1. The van der Waals surface area contributed by atoms with E-state index in [1.54, 1.807) is 6.07 Å². The normalized spacial score (nSPS) is 16.1. The summed E-state index contributed by atoms with van der Waals surface area (Å²) in [5.74, 6) is 0.287. The highest BCUT2D eigenvalue weighted by atomic mass is 19.1. The van der Waals surface area contributed by atoms with Gasteiger partial charge in [-0.25, -0.2) is 4.39 Å². The third-order valence-electron chi connectivity index (χ3n) is 6.71. The van der Waals surface area contributed by atoms with Crippen LogP contribution in [0.25, 0.3) is 0 Å². The van der Waals surface area contributed by atoms with Gasteiger partial charge >= 0.3 is 0 Å². The number of benzene rings is 3. The number of nitrogens with zero attached hydrogens (tertiary/aromatic N) is 2. The van der Waals surface area contributed by atoms with Crippen LogP contribution in [0.3, 0.4) is 0 Å². The fourth-order valence-electron chi connectivity index (χ4n) is 5.00. The van der Waals surface area contributed by atoms with Crippen molar-refractivity contribution in [2.24, 2.45) is 11.8 Å². The topological polar surface area (TPSA) is 56.5 Å². The first-order valence-electron chi connectivity index (χ1n) is 11.9. The molecule has 1 heterocycles. The number of rotatable bonds is 8. The Bertz CT molecular complexity index is 1070. The van der Waals surface area contributed by atoms with Gasteiger partial charge in [0.25, 0.3) is 0 Å². The van der Waals surface area contributed by atoms with E-state index in [-0.39, 0.29) is 17.4 Å². The highest BCUT2D eigenvalue weighted by molar-refractivity contribution is 5.38. The molecule has 1 aliphatic heterocycles. The van der Waals surface area contributed by atoms with Crippen LogP contribution in [0.4, 0.5) is 4.39 Å². The fraction of sp³-hybridized carbons (Fsp3) is 0.345. The molecule has 0 aliphatic carbocycles. The maximum Gasteiger partial charge on any atom is 0.128 e. The molecule has 0 bridgehead atoms. The van der Waals surface area contributed by atoms with Crippen LogP contribution in [0.15, 0.2) is 78.9 Å². The van der Waals surface area contributed by atoms with E-state index in [0.29, 0.717) is 12.4 Å². The number of hydrogen-bond donors (Lipinski definition) is 1. The Morgan fingerprint density at radius 3 is 2.18 bits per heavy atom. The molecule has 0 saturated carbocycles. The van der Waals surface area contributed by atoms with Crippen molar-refractivity contribution in [2.75, 3.05) is 26.2 Å². The van der Waals surface area contributed by atoms with Gasteiger partial charge in [-0.05, 0) is 55.1 Å². The number of aliphatic hydroxyl groups is 1. The Balaban J connectivity index is 1.36. The molecular weight excluding hydrogens is 427 g/mol. The lowest BCUT2D eigenvalue weighted by atomic mass is 9.72. The first-order valence-corrected chi connectivity index (χ1v) is 11.9. The Hall–Kier alpha value is -3.20. The molecule has 1 fully saturated rings. The number of nitriles is 1. The number of halogens is 1. The van der Waals surface area contributed by atoms with Crippen molar-refractivity contribution >= 4 is 0 Å². The molecule has 1 aliphatic rings. The summed E-state index contributed by atoms with van der Waals surface area (Å²) >= 11 is 0. The molecule has 1 N–H and O–H groups in total. The molecule has 0 radical (unpaired) electrons. The highest BCUT2D eigenvalue weighted by Gasteiger charge is 2.41. The van der Waals surface area contributed by atoms with E-state index < -0.39 is 11.4 Å². The molecule has 176 valence electrons. The molecule has 5 heteroatoms. The van der Waals surface area contributed by atoms with Crippen LogP contribution in [0.2, 0.25) is 0 Å². The Morgan fingerprint density at radius 1 is 1.03 bits per heavy atom. The third-order valence-corrected chi connectivity index (χ3v) is 6.71.